The van der Waals surface area contributed by atoms with Gasteiger partial charge in [0.05, 0.1) is 12.7 Å². The van der Waals surface area contributed by atoms with E-state index in [9.17, 15) is 14.4 Å². The zero-order valence-electron chi connectivity index (χ0n) is 14.5. The van der Waals surface area contributed by atoms with Crippen LogP contribution in [-0.4, -0.2) is 31.9 Å². The van der Waals surface area contributed by atoms with Gasteiger partial charge in [-0.3, -0.25) is 4.79 Å². The predicted octanol–water partition coefficient (Wildman–Crippen LogP) is 1.28. The highest BCUT2D eigenvalue weighted by Crippen LogP contribution is 2.55. The summed E-state index contributed by atoms with van der Waals surface area (Å²) >= 11 is 0. The number of allylic oxidation sites excluding steroid dienone is 1. The Morgan fingerprint density at radius 2 is 2.00 bits per heavy atom. The van der Waals surface area contributed by atoms with E-state index in [4.69, 9.17) is 15.2 Å². The van der Waals surface area contributed by atoms with Gasteiger partial charge in [-0.1, -0.05) is 18.2 Å². The summed E-state index contributed by atoms with van der Waals surface area (Å²) in [6.45, 7) is 0. The van der Waals surface area contributed by atoms with Gasteiger partial charge in [-0.25, -0.2) is 9.59 Å². The summed E-state index contributed by atoms with van der Waals surface area (Å²) in [5.74, 6) is -1.24. The van der Waals surface area contributed by atoms with Crippen LogP contribution in [0, 0.1) is 0 Å². The van der Waals surface area contributed by atoms with Crippen molar-refractivity contribution in [3.05, 3.63) is 52.6 Å². The van der Waals surface area contributed by atoms with Crippen LogP contribution in [0.25, 0.3) is 0 Å². The number of hydrogen-bond acceptors (Lipinski definition) is 7. The first kappa shape index (κ1) is 16.4. The van der Waals surface area contributed by atoms with Crippen LogP contribution in [0.2, 0.25) is 0 Å². The van der Waals surface area contributed by atoms with Crippen molar-refractivity contribution in [3.63, 3.8) is 0 Å². The number of nitrogens with two attached hydrogens (primary N) is 1. The summed E-state index contributed by atoms with van der Waals surface area (Å²) in [7, 11) is 2.91. The number of rotatable bonds is 1. The van der Waals surface area contributed by atoms with Gasteiger partial charge < -0.3 is 20.1 Å². The quantitative estimate of drug-likeness (QED) is 0.759. The van der Waals surface area contributed by atoms with E-state index in [0.29, 0.717) is 36.3 Å². The molecule has 2 N–H and O–H groups in total. The van der Waals surface area contributed by atoms with Crippen molar-refractivity contribution >= 4 is 23.4 Å². The van der Waals surface area contributed by atoms with Gasteiger partial charge in [-0.2, -0.15) is 0 Å². The van der Waals surface area contributed by atoms with Crippen molar-refractivity contribution in [2.24, 2.45) is 5.73 Å². The lowest BCUT2D eigenvalue weighted by Gasteiger charge is -2.40. The molecule has 1 aromatic carbocycles. The Labute approximate surface area is 150 Å². The Hall–Kier alpha value is -3.09. The van der Waals surface area contributed by atoms with Crippen molar-refractivity contribution in [2.45, 2.75) is 24.7 Å². The third kappa shape index (κ3) is 1.80. The number of anilines is 1. The molecule has 0 amide bonds. The van der Waals surface area contributed by atoms with Crippen LogP contribution >= 0.6 is 0 Å². The van der Waals surface area contributed by atoms with Gasteiger partial charge in [-0.05, 0) is 12.5 Å². The number of ketones is 1. The molecule has 1 aliphatic carbocycles. The average molecular weight is 354 g/mol. The van der Waals surface area contributed by atoms with Gasteiger partial charge in [0.15, 0.2) is 11.2 Å². The number of methoxy groups -OCH3 is 1. The van der Waals surface area contributed by atoms with Gasteiger partial charge in [0.25, 0.3) is 0 Å². The molecule has 7 heteroatoms. The zero-order valence-corrected chi connectivity index (χ0v) is 14.5. The van der Waals surface area contributed by atoms with Crippen LogP contribution in [0.4, 0.5) is 5.69 Å². The van der Waals surface area contributed by atoms with Gasteiger partial charge >= 0.3 is 11.9 Å². The third-order valence-corrected chi connectivity index (χ3v) is 5.31. The first-order chi connectivity index (χ1) is 12.4. The summed E-state index contributed by atoms with van der Waals surface area (Å²) in [4.78, 5) is 40.3. The average Bonchev–Trinajstić information content (AvgIpc) is 2.93. The maximum Gasteiger partial charge on any atom is 0.339 e. The van der Waals surface area contributed by atoms with Crippen LogP contribution in [-0.2, 0) is 29.3 Å². The fraction of sp³-hybridized carbons (Fsp3) is 0.316. The minimum Gasteiger partial charge on any atom is -0.466 e. The molecule has 0 bridgehead atoms. The fourth-order valence-electron chi connectivity index (χ4n) is 4.16. The Kier molecular flexibility index (Phi) is 3.44. The van der Waals surface area contributed by atoms with Crippen molar-refractivity contribution in [2.75, 3.05) is 19.1 Å². The largest absolute Gasteiger partial charge is 0.466 e. The Bertz CT molecular complexity index is 930. The topological polar surface area (TPSA) is 98.9 Å². The lowest BCUT2D eigenvalue weighted by atomic mass is 9.64. The second kappa shape index (κ2) is 5.45. The summed E-state index contributed by atoms with van der Waals surface area (Å²) in [5.41, 5.74) is 5.89. The highest BCUT2D eigenvalue weighted by molar-refractivity contribution is 6.17. The van der Waals surface area contributed by atoms with E-state index in [2.05, 4.69) is 0 Å². The van der Waals surface area contributed by atoms with Crippen molar-refractivity contribution in [1.82, 2.24) is 0 Å². The Morgan fingerprint density at radius 3 is 2.73 bits per heavy atom. The number of fused-ring (bicyclic) bond motifs is 3. The number of benzene rings is 1. The number of hydrogen-bond donors (Lipinski definition) is 1. The molecule has 0 saturated carbocycles. The van der Waals surface area contributed by atoms with Crippen molar-refractivity contribution in [3.8, 4) is 0 Å². The smallest absolute Gasteiger partial charge is 0.339 e. The summed E-state index contributed by atoms with van der Waals surface area (Å²) in [6.07, 6.45) is 1.37. The normalized spacial score (nSPS) is 24.6. The number of carbonyl (C=O) groups is 3. The molecule has 0 fully saturated rings. The van der Waals surface area contributed by atoms with Gasteiger partial charge in [0.1, 0.15) is 17.2 Å². The molecular weight excluding hydrogens is 336 g/mol. The first-order valence-electron chi connectivity index (χ1n) is 8.35. The Morgan fingerprint density at radius 1 is 1.27 bits per heavy atom. The standard InChI is InChI=1S/C19H18N2O5/c1-21-11-7-4-3-6-10(11)19(15(16(21)20)17(23)25-2)14-12(22)8-5-9-13(14)26-18(19)24/h3-4,6-7H,5,8-9,20H2,1-2H3. The fourth-order valence-corrected chi connectivity index (χ4v) is 4.16. The summed E-state index contributed by atoms with van der Waals surface area (Å²) < 4.78 is 10.4. The van der Waals surface area contributed by atoms with Crippen LogP contribution in [0.15, 0.2) is 47.0 Å². The summed E-state index contributed by atoms with van der Waals surface area (Å²) in [5, 5.41) is 0. The molecule has 1 aromatic rings. The molecule has 1 spiro atoms. The molecule has 0 saturated heterocycles. The maximum absolute atomic E-state index is 13.2. The minimum atomic E-state index is -1.67. The monoisotopic (exact) mass is 354 g/mol. The molecular formula is C19H18N2O5. The minimum absolute atomic E-state index is 0.0635. The molecule has 3 aliphatic rings. The molecule has 4 rings (SSSR count). The number of esters is 2. The third-order valence-electron chi connectivity index (χ3n) is 5.31. The second-order valence-electron chi connectivity index (χ2n) is 6.54. The highest BCUT2D eigenvalue weighted by atomic mass is 16.5. The molecule has 0 radical (unpaired) electrons. The van der Waals surface area contributed by atoms with E-state index in [-0.39, 0.29) is 22.8 Å². The molecule has 1 atom stereocenters. The number of ether oxygens (including phenoxy) is 2. The maximum atomic E-state index is 13.2. The van der Waals surface area contributed by atoms with E-state index in [1.165, 1.54) is 7.11 Å². The number of nitrogens with zero attached hydrogens (tertiary/aromatic N) is 1. The Balaban J connectivity index is 2.15. The van der Waals surface area contributed by atoms with Crippen molar-refractivity contribution < 1.29 is 23.9 Å². The number of Topliss-reactive ketones (excluding diaryl/α,β-unsaturated/α-hetero) is 1. The zero-order chi connectivity index (χ0) is 18.6. The molecule has 0 aromatic heterocycles. The van der Waals surface area contributed by atoms with Gasteiger partial charge in [0, 0.05) is 31.1 Å². The molecule has 26 heavy (non-hydrogen) atoms. The van der Waals surface area contributed by atoms with Crippen LogP contribution < -0.4 is 10.6 Å². The molecule has 1 unspecified atom stereocenters. The SMILES string of the molecule is COC(=O)C1=C(N)N(C)c2ccccc2C12C(=O)OC1=C2C(=O)CCC1. The molecule has 2 aliphatic heterocycles. The lowest BCUT2D eigenvalue weighted by Crippen LogP contribution is -2.49. The van der Waals surface area contributed by atoms with Crippen LogP contribution in [0.5, 0.6) is 0 Å². The predicted molar refractivity (Wildman–Crippen MR) is 91.7 cm³/mol. The molecule has 2 heterocycles. The van der Waals surface area contributed by atoms with E-state index >= 15 is 0 Å². The summed E-state index contributed by atoms with van der Waals surface area (Å²) in [6, 6.07) is 7.07. The van der Waals surface area contributed by atoms with E-state index in [1.54, 1.807) is 36.2 Å². The number of para-hydroxylation sites is 1. The lowest BCUT2D eigenvalue weighted by molar-refractivity contribution is -0.145. The van der Waals surface area contributed by atoms with Crippen LogP contribution in [0.1, 0.15) is 24.8 Å². The molecule has 134 valence electrons. The highest BCUT2D eigenvalue weighted by Gasteiger charge is 2.63. The van der Waals surface area contributed by atoms with Gasteiger partial charge in [-0.15, -0.1) is 0 Å². The van der Waals surface area contributed by atoms with Crippen molar-refractivity contribution in [1.29, 1.82) is 0 Å². The second-order valence-corrected chi connectivity index (χ2v) is 6.54. The van der Waals surface area contributed by atoms with Crippen LogP contribution in [0.3, 0.4) is 0 Å². The first-order valence-corrected chi connectivity index (χ1v) is 8.35. The molecule has 7 nitrogen and oxygen atoms in total. The van der Waals surface area contributed by atoms with E-state index in [0.717, 1.165) is 0 Å². The van der Waals surface area contributed by atoms with Gasteiger partial charge in [0.2, 0.25) is 0 Å². The van der Waals surface area contributed by atoms with E-state index < -0.39 is 17.4 Å². The number of carbonyl (C=O) groups excluding carboxylic acids is 3. The van der Waals surface area contributed by atoms with E-state index in [1.807, 2.05) is 0 Å².